The molecule has 1 unspecified atom stereocenters. The first-order chi connectivity index (χ1) is 9.88. The summed E-state index contributed by atoms with van der Waals surface area (Å²) in [6.45, 7) is 5.60. The minimum atomic E-state index is -0.0611. The number of hydrogen-bond acceptors (Lipinski definition) is 3. The number of hydrogen-bond donors (Lipinski definition) is 2. The van der Waals surface area contributed by atoms with Gasteiger partial charge >= 0.3 is 0 Å². The van der Waals surface area contributed by atoms with E-state index in [2.05, 4.69) is 46.6 Å². The Morgan fingerprint density at radius 3 is 3.00 bits per heavy atom. The summed E-state index contributed by atoms with van der Waals surface area (Å²) in [6.07, 6.45) is 0.832. The standard InChI is InChI=1S/C15H19IN4O/c1-15(2)8-20(6-5-12(15)17)14(21)13-10-7-9(16)3-4-11(10)18-19-13/h3-4,7,12H,5-6,8,17H2,1-2H3,(H,18,19). The summed E-state index contributed by atoms with van der Waals surface area (Å²) in [4.78, 5) is 14.7. The lowest BCUT2D eigenvalue weighted by Crippen LogP contribution is -2.54. The lowest BCUT2D eigenvalue weighted by Gasteiger charge is -2.42. The molecule has 1 fully saturated rings. The van der Waals surface area contributed by atoms with Crippen LogP contribution in [0.5, 0.6) is 0 Å². The third-order valence-electron chi connectivity index (χ3n) is 4.33. The third-order valence-corrected chi connectivity index (χ3v) is 5.00. The predicted molar refractivity (Wildman–Crippen MR) is 91.1 cm³/mol. The molecule has 0 radical (unpaired) electrons. The highest BCUT2D eigenvalue weighted by atomic mass is 127. The molecule has 1 saturated heterocycles. The number of piperidine rings is 1. The van der Waals surface area contributed by atoms with Gasteiger partial charge in [-0.2, -0.15) is 5.10 Å². The molecule has 1 aromatic heterocycles. The van der Waals surface area contributed by atoms with Crippen LogP contribution in [-0.2, 0) is 0 Å². The number of carbonyl (C=O) groups is 1. The van der Waals surface area contributed by atoms with Gasteiger partial charge in [0.25, 0.3) is 5.91 Å². The van der Waals surface area contributed by atoms with Crippen LogP contribution in [0.15, 0.2) is 18.2 Å². The average Bonchev–Trinajstić information content (AvgIpc) is 2.84. The van der Waals surface area contributed by atoms with E-state index < -0.39 is 0 Å². The summed E-state index contributed by atoms with van der Waals surface area (Å²) < 4.78 is 1.09. The Kier molecular flexibility index (Phi) is 3.69. The molecule has 2 aromatic rings. The molecular formula is C15H19IN4O. The van der Waals surface area contributed by atoms with Gasteiger partial charge in [-0.1, -0.05) is 13.8 Å². The van der Waals surface area contributed by atoms with Crippen molar-refractivity contribution in [2.75, 3.05) is 13.1 Å². The van der Waals surface area contributed by atoms with Crippen LogP contribution in [-0.4, -0.2) is 40.1 Å². The summed E-state index contributed by atoms with van der Waals surface area (Å²) in [5, 5.41) is 8.06. The lowest BCUT2D eigenvalue weighted by molar-refractivity contribution is 0.0529. The minimum absolute atomic E-state index is 0.0109. The zero-order valence-corrected chi connectivity index (χ0v) is 14.3. The normalized spacial score (nSPS) is 21.7. The maximum Gasteiger partial charge on any atom is 0.275 e. The molecule has 3 rings (SSSR count). The van der Waals surface area contributed by atoms with Gasteiger partial charge in [0.1, 0.15) is 0 Å². The number of fused-ring (bicyclic) bond motifs is 1. The molecular weight excluding hydrogens is 379 g/mol. The van der Waals surface area contributed by atoms with Crippen LogP contribution in [0.25, 0.3) is 10.9 Å². The number of aromatic nitrogens is 2. The number of amides is 1. The van der Waals surface area contributed by atoms with Crippen LogP contribution in [0.1, 0.15) is 30.8 Å². The van der Waals surface area contributed by atoms with Gasteiger partial charge in [-0.3, -0.25) is 9.89 Å². The van der Waals surface area contributed by atoms with Crippen molar-refractivity contribution < 1.29 is 4.79 Å². The Hall–Kier alpha value is -1.15. The van der Waals surface area contributed by atoms with E-state index in [4.69, 9.17) is 5.73 Å². The molecule has 1 aromatic carbocycles. The van der Waals surface area contributed by atoms with E-state index in [1.165, 1.54) is 0 Å². The first-order valence-corrected chi connectivity index (χ1v) is 8.15. The van der Waals surface area contributed by atoms with Gasteiger partial charge in [-0.25, -0.2) is 0 Å². The van der Waals surface area contributed by atoms with Gasteiger partial charge in [-0.05, 0) is 52.6 Å². The third kappa shape index (κ3) is 2.66. The second-order valence-electron chi connectivity index (χ2n) is 6.37. The molecule has 1 aliphatic heterocycles. The number of H-pyrrole nitrogens is 1. The monoisotopic (exact) mass is 398 g/mol. The Balaban J connectivity index is 1.92. The molecule has 0 bridgehead atoms. The maximum atomic E-state index is 12.8. The first-order valence-electron chi connectivity index (χ1n) is 7.07. The second-order valence-corrected chi connectivity index (χ2v) is 7.62. The number of nitrogens with zero attached hydrogens (tertiary/aromatic N) is 2. The smallest absolute Gasteiger partial charge is 0.275 e. The van der Waals surface area contributed by atoms with Crippen LogP contribution < -0.4 is 5.73 Å². The molecule has 21 heavy (non-hydrogen) atoms. The first kappa shape index (κ1) is 14.8. The second kappa shape index (κ2) is 5.24. The van der Waals surface area contributed by atoms with E-state index >= 15 is 0 Å². The van der Waals surface area contributed by atoms with E-state index in [0.717, 1.165) is 20.9 Å². The van der Waals surface area contributed by atoms with Crippen LogP contribution >= 0.6 is 22.6 Å². The number of rotatable bonds is 1. The van der Waals surface area contributed by atoms with Gasteiger partial charge in [0.15, 0.2) is 5.69 Å². The van der Waals surface area contributed by atoms with Crippen LogP contribution in [0, 0.1) is 8.99 Å². The summed E-state index contributed by atoms with van der Waals surface area (Å²) in [5.41, 5.74) is 7.49. The van der Waals surface area contributed by atoms with Crippen molar-refractivity contribution in [2.24, 2.45) is 11.1 Å². The molecule has 2 heterocycles. The Bertz CT molecular complexity index is 694. The molecule has 6 heteroatoms. The summed E-state index contributed by atoms with van der Waals surface area (Å²) in [7, 11) is 0. The Morgan fingerprint density at radius 2 is 2.29 bits per heavy atom. The molecule has 0 saturated carbocycles. The number of likely N-dealkylation sites (tertiary alicyclic amines) is 1. The number of halogens is 1. The van der Waals surface area contributed by atoms with Crippen molar-refractivity contribution in [2.45, 2.75) is 26.3 Å². The number of aromatic amines is 1. The lowest BCUT2D eigenvalue weighted by atomic mass is 9.79. The molecule has 0 aliphatic carbocycles. The summed E-state index contributed by atoms with van der Waals surface area (Å²) >= 11 is 2.25. The van der Waals surface area contributed by atoms with Gasteiger partial charge < -0.3 is 10.6 Å². The van der Waals surface area contributed by atoms with Crippen molar-refractivity contribution >= 4 is 39.4 Å². The fourth-order valence-electron chi connectivity index (χ4n) is 2.85. The molecule has 112 valence electrons. The van der Waals surface area contributed by atoms with Crippen molar-refractivity contribution in [3.63, 3.8) is 0 Å². The van der Waals surface area contributed by atoms with Crippen LogP contribution in [0.2, 0.25) is 0 Å². The number of benzene rings is 1. The molecule has 0 spiro atoms. The van der Waals surface area contributed by atoms with E-state index in [1.54, 1.807) is 0 Å². The van der Waals surface area contributed by atoms with E-state index in [1.807, 2.05) is 23.1 Å². The van der Waals surface area contributed by atoms with Crippen LogP contribution in [0.4, 0.5) is 0 Å². The van der Waals surface area contributed by atoms with E-state index in [9.17, 15) is 4.79 Å². The highest BCUT2D eigenvalue weighted by Gasteiger charge is 2.36. The predicted octanol–water partition coefficient (Wildman–Crippen LogP) is 2.37. The topological polar surface area (TPSA) is 75.0 Å². The van der Waals surface area contributed by atoms with Crippen molar-refractivity contribution in [1.82, 2.24) is 15.1 Å². The zero-order valence-electron chi connectivity index (χ0n) is 12.2. The van der Waals surface area contributed by atoms with Gasteiger partial charge in [0, 0.05) is 28.1 Å². The van der Waals surface area contributed by atoms with Crippen LogP contribution in [0.3, 0.4) is 0 Å². The van der Waals surface area contributed by atoms with Crippen molar-refractivity contribution in [3.8, 4) is 0 Å². The SMILES string of the molecule is CC1(C)CN(C(=O)c2n[nH]c3ccc(I)cc23)CCC1N. The largest absolute Gasteiger partial charge is 0.337 e. The Morgan fingerprint density at radius 1 is 1.52 bits per heavy atom. The highest BCUT2D eigenvalue weighted by molar-refractivity contribution is 14.1. The maximum absolute atomic E-state index is 12.8. The Labute approximate surface area is 137 Å². The molecule has 1 aliphatic rings. The molecule has 1 amide bonds. The summed E-state index contributed by atoms with van der Waals surface area (Å²) in [5.74, 6) is -0.0109. The summed E-state index contributed by atoms with van der Waals surface area (Å²) in [6, 6.07) is 6.08. The zero-order chi connectivity index (χ0) is 15.2. The molecule has 1 atom stereocenters. The average molecular weight is 398 g/mol. The fourth-order valence-corrected chi connectivity index (χ4v) is 3.34. The molecule has 3 N–H and O–H groups in total. The quantitative estimate of drug-likeness (QED) is 0.725. The van der Waals surface area contributed by atoms with E-state index in [-0.39, 0.29) is 17.4 Å². The number of nitrogens with two attached hydrogens (primary N) is 1. The van der Waals surface area contributed by atoms with E-state index in [0.29, 0.717) is 18.8 Å². The highest BCUT2D eigenvalue weighted by Crippen LogP contribution is 2.29. The molecule has 5 nitrogen and oxygen atoms in total. The van der Waals surface area contributed by atoms with Gasteiger partial charge in [-0.15, -0.1) is 0 Å². The minimum Gasteiger partial charge on any atom is -0.337 e. The fraction of sp³-hybridized carbons (Fsp3) is 0.467. The van der Waals surface area contributed by atoms with Gasteiger partial charge in [0.05, 0.1) is 5.52 Å². The van der Waals surface area contributed by atoms with Crippen molar-refractivity contribution in [1.29, 1.82) is 0 Å². The number of nitrogens with one attached hydrogen (secondary N) is 1. The van der Waals surface area contributed by atoms with Gasteiger partial charge in [0.2, 0.25) is 0 Å². The van der Waals surface area contributed by atoms with Crippen molar-refractivity contribution in [3.05, 3.63) is 27.5 Å². The number of carbonyl (C=O) groups excluding carboxylic acids is 1.